The number of carbonyl (C=O) groups excluding carboxylic acids is 1. The molecule has 0 radical (unpaired) electrons. The Bertz CT molecular complexity index is 230. The summed E-state index contributed by atoms with van der Waals surface area (Å²) in [4.78, 5) is 15.8. The van der Waals surface area contributed by atoms with Gasteiger partial charge in [-0.25, -0.2) is 0 Å². The largest absolute Gasteiger partial charge is 0.395 e. The maximum atomic E-state index is 11.9. The molecule has 1 atom stereocenters. The Hall–Kier alpha value is -0.650. The van der Waals surface area contributed by atoms with Crippen molar-refractivity contribution in [3.8, 4) is 0 Å². The van der Waals surface area contributed by atoms with Crippen LogP contribution >= 0.6 is 0 Å². The molecule has 0 bridgehead atoms. The topological polar surface area (TPSA) is 64.0 Å². The number of nitrogens with zero attached hydrogens (tertiary/aromatic N) is 2. The minimum atomic E-state index is 0.0638. The standard InChI is InChI=1S/C12H24N2O3/c1-11-3-2-5-14(11)12(17)4-6-13(7-9-15)8-10-16/h11,15-16H,2-10H2,1H3. The number of hydrogen-bond donors (Lipinski definition) is 2. The van der Waals surface area contributed by atoms with Crippen molar-refractivity contribution in [3.63, 3.8) is 0 Å². The lowest BCUT2D eigenvalue weighted by Gasteiger charge is -2.24. The van der Waals surface area contributed by atoms with Gasteiger partial charge in [0.2, 0.25) is 5.91 Å². The Morgan fingerprint density at radius 3 is 2.41 bits per heavy atom. The Labute approximate surface area is 103 Å². The van der Waals surface area contributed by atoms with Crippen LogP contribution in [0.15, 0.2) is 0 Å². The van der Waals surface area contributed by atoms with Crippen molar-refractivity contribution in [1.29, 1.82) is 0 Å². The first-order valence-corrected chi connectivity index (χ1v) is 6.42. The van der Waals surface area contributed by atoms with E-state index in [2.05, 4.69) is 6.92 Å². The Kier molecular flexibility index (Phi) is 6.47. The molecule has 1 rings (SSSR count). The lowest BCUT2D eigenvalue weighted by atomic mass is 10.2. The molecule has 1 amide bonds. The highest BCUT2D eigenvalue weighted by Gasteiger charge is 2.24. The van der Waals surface area contributed by atoms with E-state index in [1.807, 2.05) is 9.80 Å². The van der Waals surface area contributed by atoms with E-state index in [-0.39, 0.29) is 19.1 Å². The summed E-state index contributed by atoms with van der Waals surface area (Å²) in [5.74, 6) is 0.191. The van der Waals surface area contributed by atoms with Gasteiger partial charge in [-0.15, -0.1) is 0 Å². The number of likely N-dealkylation sites (tertiary alicyclic amines) is 1. The van der Waals surface area contributed by atoms with Crippen LogP contribution in [-0.4, -0.2) is 71.4 Å². The zero-order valence-electron chi connectivity index (χ0n) is 10.6. The van der Waals surface area contributed by atoms with Gasteiger partial charge in [-0.2, -0.15) is 0 Å². The summed E-state index contributed by atoms with van der Waals surface area (Å²) in [7, 11) is 0. The van der Waals surface area contributed by atoms with Crippen LogP contribution in [0, 0.1) is 0 Å². The summed E-state index contributed by atoms with van der Waals surface area (Å²) >= 11 is 0. The van der Waals surface area contributed by atoms with E-state index in [1.54, 1.807) is 0 Å². The van der Waals surface area contributed by atoms with Crippen molar-refractivity contribution in [3.05, 3.63) is 0 Å². The van der Waals surface area contributed by atoms with E-state index in [4.69, 9.17) is 10.2 Å². The Morgan fingerprint density at radius 2 is 1.94 bits per heavy atom. The molecule has 0 saturated carbocycles. The molecular formula is C12H24N2O3. The normalized spacial score (nSPS) is 20.2. The average molecular weight is 244 g/mol. The van der Waals surface area contributed by atoms with E-state index in [1.165, 1.54) is 0 Å². The van der Waals surface area contributed by atoms with Crippen LogP contribution in [0.2, 0.25) is 0 Å². The lowest BCUT2D eigenvalue weighted by Crippen LogP contribution is -2.38. The minimum absolute atomic E-state index is 0.0638. The van der Waals surface area contributed by atoms with E-state index in [9.17, 15) is 4.79 Å². The van der Waals surface area contributed by atoms with Gasteiger partial charge in [-0.1, -0.05) is 0 Å². The summed E-state index contributed by atoms with van der Waals surface area (Å²) < 4.78 is 0. The van der Waals surface area contributed by atoms with Crippen molar-refractivity contribution in [2.24, 2.45) is 0 Å². The summed E-state index contributed by atoms with van der Waals surface area (Å²) in [6.07, 6.45) is 2.68. The van der Waals surface area contributed by atoms with Crippen LogP contribution < -0.4 is 0 Å². The first-order chi connectivity index (χ1) is 8.19. The van der Waals surface area contributed by atoms with Crippen molar-refractivity contribution >= 4 is 5.91 Å². The molecule has 100 valence electrons. The Balaban J connectivity index is 2.29. The molecule has 0 aromatic carbocycles. The fourth-order valence-corrected chi connectivity index (χ4v) is 2.32. The van der Waals surface area contributed by atoms with E-state index in [0.717, 1.165) is 19.4 Å². The summed E-state index contributed by atoms with van der Waals surface area (Å²) in [5, 5.41) is 17.7. The van der Waals surface area contributed by atoms with Gasteiger partial charge >= 0.3 is 0 Å². The van der Waals surface area contributed by atoms with Crippen LogP contribution in [0.4, 0.5) is 0 Å². The fourth-order valence-electron chi connectivity index (χ4n) is 2.32. The molecule has 0 spiro atoms. The lowest BCUT2D eigenvalue weighted by molar-refractivity contribution is -0.132. The number of aliphatic hydroxyl groups excluding tert-OH is 2. The van der Waals surface area contributed by atoms with E-state index < -0.39 is 0 Å². The molecule has 1 saturated heterocycles. The third-order valence-corrected chi connectivity index (χ3v) is 3.35. The summed E-state index contributed by atoms with van der Waals surface area (Å²) in [6.45, 7) is 4.74. The zero-order valence-corrected chi connectivity index (χ0v) is 10.6. The van der Waals surface area contributed by atoms with Gasteiger partial charge in [-0.05, 0) is 19.8 Å². The fraction of sp³-hybridized carbons (Fsp3) is 0.917. The van der Waals surface area contributed by atoms with Gasteiger partial charge in [-0.3, -0.25) is 9.69 Å². The number of amides is 1. The van der Waals surface area contributed by atoms with Gasteiger partial charge in [0.05, 0.1) is 13.2 Å². The molecule has 5 heteroatoms. The van der Waals surface area contributed by atoms with Crippen LogP contribution in [0.3, 0.4) is 0 Å². The van der Waals surface area contributed by atoms with Crippen molar-refractivity contribution in [2.45, 2.75) is 32.2 Å². The highest BCUT2D eigenvalue weighted by atomic mass is 16.3. The molecule has 1 unspecified atom stereocenters. The van der Waals surface area contributed by atoms with Gasteiger partial charge in [0.25, 0.3) is 0 Å². The van der Waals surface area contributed by atoms with E-state index in [0.29, 0.717) is 32.1 Å². The van der Waals surface area contributed by atoms with Crippen LogP contribution in [-0.2, 0) is 4.79 Å². The highest BCUT2D eigenvalue weighted by molar-refractivity contribution is 5.76. The third-order valence-electron chi connectivity index (χ3n) is 3.35. The molecule has 5 nitrogen and oxygen atoms in total. The van der Waals surface area contributed by atoms with Gasteiger partial charge in [0, 0.05) is 38.6 Å². The molecule has 17 heavy (non-hydrogen) atoms. The van der Waals surface area contributed by atoms with Crippen LogP contribution in [0.25, 0.3) is 0 Å². The number of rotatable bonds is 7. The monoisotopic (exact) mass is 244 g/mol. The first-order valence-electron chi connectivity index (χ1n) is 6.42. The second-order valence-electron chi connectivity index (χ2n) is 4.62. The predicted molar refractivity (Wildman–Crippen MR) is 65.6 cm³/mol. The highest BCUT2D eigenvalue weighted by Crippen LogP contribution is 2.17. The van der Waals surface area contributed by atoms with Gasteiger partial charge in [0.15, 0.2) is 0 Å². The second kappa shape index (κ2) is 7.63. The van der Waals surface area contributed by atoms with Crippen molar-refractivity contribution in [2.75, 3.05) is 39.4 Å². The summed E-state index contributed by atoms with van der Waals surface area (Å²) in [6, 6.07) is 0.367. The SMILES string of the molecule is CC1CCCN1C(=O)CCN(CCO)CCO. The number of hydrogen-bond acceptors (Lipinski definition) is 4. The second-order valence-corrected chi connectivity index (χ2v) is 4.62. The van der Waals surface area contributed by atoms with E-state index >= 15 is 0 Å². The smallest absolute Gasteiger partial charge is 0.224 e. The molecule has 0 aromatic rings. The van der Waals surface area contributed by atoms with Gasteiger partial charge < -0.3 is 15.1 Å². The van der Waals surface area contributed by atoms with Crippen LogP contribution in [0.1, 0.15) is 26.2 Å². The molecule has 0 aliphatic carbocycles. The maximum absolute atomic E-state index is 11.9. The summed E-state index contributed by atoms with van der Waals surface area (Å²) in [5.41, 5.74) is 0. The third kappa shape index (κ3) is 4.61. The zero-order chi connectivity index (χ0) is 12.7. The average Bonchev–Trinajstić information content (AvgIpc) is 2.72. The van der Waals surface area contributed by atoms with Crippen molar-refractivity contribution < 1.29 is 15.0 Å². The van der Waals surface area contributed by atoms with Crippen molar-refractivity contribution in [1.82, 2.24) is 9.80 Å². The minimum Gasteiger partial charge on any atom is -0.395 e. The molecule has 1 aliphatic rings. The Morgan fingerprint density at radius 1 is 1.29 bits per heavy atom. The molecule has 1 fully saturated rings. The molecule has 2 N–H and O–H groups in total. The molecule has 0 aromatic heterocycles. The molecule has 1 aliphatic heterocycles. The predicted octanol–water partition coefficient (Wildman–Crippen LogP) is -0.326. The first kappa shape index (κ1) is 14.4. The van der Waals surface area contributed by atoms with Crippen LogP contribution in [0.5, 0.6) is 0 Å². The number of carbonyl (C=O) groups is 1. The molecular weight excluding hydrogens is 220 g/mol. The molecule has 1 heterocycles. The number of aliphatic hydroxyl groups is 2. The quantitative estimate of drug-likeness (QED) is 0.644. The maximum Gasteiger partial charge on any atom is 0.224 e. The van der Waals surface area contributed by atoms with Gasteiger partial charge in [0.1, 0.15) is 0 Å².